The minimum atomic E-state index is -0.302. The van der Waals surface area contributed by atoms with E-state index in [1.165, 1.54) is 32.4 Å². The lowest BCUT2D eigenvalue weighted by atomic mass is 9.80. The highest BCUT2D eigenvalue weighted by Gasteiger charge is 2.37. The van der Waals surface area contributed by atoms with Crippen LogP contribution >= 0.6 is 0 Å². The van der Waals surface area contributed by atoms with Crippen LogP contribution in [-0.2, 0) is 0 Å². The molecule has 3 heterocycles. The summed E-state index contributed by atoms with van der Waals surface area (Å²) >= 11 is 0. The van der Waals surface area contributed by atoms with Crippen molar-refractivity contribution >= 4 is 0 Å². The SMILES string of the molecule is O[C@@H](c1ccccc1)[C@H]1CC2CCN1CC2. The lowest BCUT2D eigenvalue weighted by Crippen LogP contribution is -2.51. The third kappa shape index (κ3) is 1.76. The van der Waals surface area contributed by atoms with E-state index in [9.17, 15) is 5.11 Å². The van der Waals surface area contributed by atoms with Crippen LogP contribution in [0, 0.1) is 5.92 Å². The van der Waals surface area contributed by atoms with Crippen molar-refractivity contribution in [1.29, 1.82) is 0 Å². The van der Waals surface area contributed by atoms with E-state index < -0.39 is 0 Å². The summed E-state index contributed by atoms with van der Waals surface area (Å²) in [4.78, 5) is 2.47. The van der Waals surface area contributed by atoms with Crippen molar-refractivity contribution in [2.45, 2.75) is 31.4 Å². The summed E-state index contributed by atoms with van der Waals surface area (Å²) in [5.74, 6) is 0.855. The van der Waals surface area contributed by atoms with Gasteiger partial charge in [0.2, 0.25) is 0 Å². The molecule has 16 heavy (non-hydrogen) atoms. The number of rotatable bonds is 2. The van der Waals surface area contributed by atoms with Crippen LogP contribution in [0.4, 0.5) is 0 Å². The molecule has 2 nitrogen and oxygen atoms in total. The van der Waals surface area contributed by atoms with Gasteiger partial charge in [-0.15, -0.1) is 0 Å². The van der Waals surface area contributed by atoms with Gasteiger partial charge in [-0.25, -0.2) is 0 Å². The van der Waals surface area contributed by atoms with Crippen molar-refractivity contribution in [2.24, 2.45) is 5.92 Å². The number of hydrogen-bond acceptors (Lipinski definition) is 2. The minimum absolute atomic E-state index is 0.302. The number of aliphatic hydroxyl groups is 1. The fourth-order valence-electron chi connectivity index (χ4n) is 3.21. The molecule has 0 spiro atoms. The Bertz CT molecular complexity index is 343. The van der Waals surface area contributed by atoms with E-state index in [4.69, 9.17) is 0 Å². The number of hydrogen-bond donors (Lipinski definition) is 1. The van der Waals surface area contributed by atoms with Gasteiger partial charge in [-0.3, -0.25) is 4.90 Å². The Kier molecular flexibility index (Phi) is 2.70. The van der Waals surface area contributed by atoms with Gasteiger partial charge in [0.15, 0.2) is 0 Å². The van der Waals surface area contributed by atoms with Crippen molar-refractivity contribution in [3.05, 3.63) is 35.9 Å². The van der Waals surface area contributed by atoms with Gasteiger partial charge in [-0.05, 0) is 43.8 Å². The number of nitrogens with zero attached hydrogens (tertiary/aromatic N) is 1. The molecule has 4 rings (SSSR count). The molecular formula is C14H19NO. The number of piperidine rings is 3. The Labute approximate surface area is 96.9 Å². The fourth-order valence-corrected chi connectivity index (χ4v) is 3.21. The second-order valence-electron chi connectivity index (χ2n) is 5.14. The molecule has 1 aromatic carbocycles. The third-order valence-corrected chi connectivity index (χ3v) is 4.20. The first-order chi connectivity index (χ1) is 7.84. The molecule has 0 unspecified atom stereocenters. The van der Waals surface area contributed by atoms with Crippen LogP contribution in [0.2, 0.25) is 0 Å². The Morgan fingerprint density at radius 2 is 1.81 bits per heavy atom. The van der Waals surface area contributed by atoms with E-state index in [0.717, 1.165) is 11.5 Å². The molecule has 2 heteroatoms. The van der Waals surface area contributed by atoms with Gasteiger partial charge in [0.25, 0.3) is 0 Å². The Balaban J connectivity index is 1.78. The quantitative estimate of drug-likeness (QED) is 0.821. The van der Waals surface area contributed by atoms with E-state index in [0.29, 0.717) is 6.04 Å². The molecule has 1 aromatic rings. The van der Waals surface area contributed by atoms with E-state index >= 15 is 0 Å². The van der Waals surface area contributed by atoms with E-state index in [-0.39, 0.29) is 6.10 Å². The van der Waals surface area contributed by atoms with Crippen LogP contribution in [-0.4, -0.2) is 29.1 Å². The van der Waals surface area contributed by atoms with Crippen molar-refractivity contribution in [3.8, 4) is 0 Å². The van der Waals surface area contributed by atoms with Crippen LogP contribution in [0.5, 0.6) is 0 Å². The molecule has 3 aliphatic heterocycles. The maximum Gasteiger partial charge on any atom is 0.0945 e. The number of benzene rings is 1. The van der Waals surface area contributed by atoms with Crippen molar-refractivity contribution in [2.75, 3.05) is 13.1 Å². The summed E-state index contributed by atoms with van der Waals surface area (Å²) in [5.41, 5.74) is 1.07. The molecule has 86 valence electrons. The predicted octanol–water partition coefficient (Wildman–Crippen LogP) is 2.20. The zero-order valence-electron chi connectivity index (χ0n) is 9.55. The lowest BCUT2D eigenvalue weighted by Gasteiger charge is -2.47. The van der Waals surface area contributed by atoms with Crippen LogP contribution in [0.3, 0.4) is 0 Å². The molecule has 0 amide bonds. The van der Waals surface area contributed by atoms with Gasteiger partial charge in [-0.2, -0.15) is 0 Å². The molecule has 2 bridgehead atoms. The minimum Gasteiger partial charge on any atom is -0.387 e. The largest absolute Gasteiger partial charge is 0.387 e. The van der Waals surface area contributed by atoms with Gasteiger partial charge in [0, 0.05) is 6.04 Å². The topological polar surface area (TPSA) is 23.5 Å². The Hall–Kier alpha value is -0.860. The molecule has 0 saturated carbocycles. The smallest absolute Gasteiger partial charge is 0.0945 e. The lowest BCUT2D eigenvalue weighted by molar-refractivity contribution is -0.0268. The van der Waals surface area contributed by atoms with Gasteiger partial charge >= 0.3 is 0 Å². The Morgan fingerprint density at radius 1 is 1.12 bits per heavy atom. The van der Waals surface area contributed by atoms with Crippen LogP contribution in [0.15, 0.2) is 30.3 Å². The molecule has 0 aliphatic carbocycles. The third-order valence-electron chi connectivity index (χ3n) is 4.20. The molecular weight excluding hydrogens is 198 g/mol. The highest BCUT2D eigenvalue weighted by molar-refractivity contribution is 5.19. The van der Waals surface area contributed by atoms with E-state index in [1.807, 2.05) is 30.3 Å². The number of fused-ring (bicyclic) bond motifs is 3. The van der Waals surface area contributed by atoms with Gasteiger partial charge in [-0.1, -0.05) is 30.3 Å². The first-order valence-corrected chi connectivity index (χ1v) is 6.31. The molecule has 1 N–H and O–H groups in total. The summed E-state index contributed by atoms with van der Waals surface area (Å²) in [5, 5.41) is 10.4. The number of aliphatic hydroxyl groups excluding tert-OH is 1. The summed E-state index contributed by atoms with van der Waals surface area (Å²) in [6.07, 6.45) is 3.54. The summed E-state index contributed by atoms with van der Waals surface area (Å²) in [6.45, 7) is 2.36. The molecule has 3 fully saturated rings. The molecule has 0 radical (unpaired) electrons. The maximum absolute atomic E-state index is 10.4. The maximum atomic E-state index is 10.4. The highest BCUT2D eigenvalue weighted by Crippen LogP contribution is 2.37. The second-order valence-corrected chi connectivity index (χ2v) is 5.14. The average Bonchev–Trinajstić information content (AvgIpc) is 2.40. The fraction of sp³-hybridized carbons (Fsp3) is 0.571. The predicted molar refractivity (Wildman–Crippen MR) is 64.1 cm³/mol. The summed E-state index contributed by atoms with van der Waals surface area (Å²) in [7, 11) is 0. The second kappa shape index (κ2) is 4.19. The normalized spacial score (nSPS) is 34.9. The molecule has 3 saturated heterocycles. The van der Waals surface area contributed by atoms with Crippen molar-refractivity contribution < 1.29 is 5.11 Å². The van der Waals surface area contributed by atoms with Crippen LogP contribution in [0.1, 0.15) is 30.9 Å². The van der Waals surface area contributed by atoms with E-state index in [1.54, 1.807) is 0 Å². The summed E-state index contributed by atoms with van der Waals surface area (Å²) in [6, 6.07) is 10.4. The monoisotopic (exact) mass is 217 g/mol. The average molecular weight is 217 g/mol. The molecule has 0 aromatic heterocycles. The standard InChI is InChI=1S/C14H19NO/c16-14(12-4-2-1-3-5-12)13-10-11-6-8-15(13)9-7-11/h1-5,11,13-14,16H,6-10H2/t13-,14+/m1/s1. The summed E-state index contributed by atoms with van der Waals surface area (Å²) < 4.78 is 0. The van der Waals surface area contributed by atoms with Gasteiger partial charge in [0.1, 0.15) is 0 Å². The van der Waals surface area contributed by atoms with Gasteiger partial charge in [0.05, 0.1) is 6.10 Å². The van der Waals surface area contributed by atoms with Crippen molar-refractivity contribution in [1.82, 2.24) is 4.90 Å². The Morgan fingerprint density at radius 3 is 2.38 bits per heavy atom. The van der Waals surface area contributed by atoms with Crippen LogP contribution in [0.25, 0.3) is 0 Å². The first kappa shape index (κ1) is 10.3. The molecule has 3 aliphatic rings. The first-order valence-electron chi connectivity index (χ1n) is 6.31. The highest BCUT2D eigenvalue weighted by atomic mass is 16.3. The zero-order chi connectivity index (χ0) is 11.0. The molecule has 2 atom stereocenters. The van der Waals surface area contributed by atoms with Crippen molar-refractivity contribution in [3.63, 3.8) is 0 Å². The van der Waals surface area contributed by atoms with Crippen LogP contribution < -0.4 is 0 Å². The zero-order valence-corrected chi connectivity index (χ0v) is 9.55. The van der Waals surface area contributed by atoms with Gasteiger partial charge < -0.3 is 5.11 Å². The van der Waals surface area contributed by atoms with E-state index in [2.05, 4.69) is 4.90 Å².